The van der Waals surface area contributed by atoms with Crippen molar-refractivity contribution in [2.24, 2.45) is 0 Å². The fourth-order valence-corrected chi connectivity index (χ4v) is 2.25. The van der Waals surface area contributed by atoms with Crippen LogP contribution >= 0.6 is 0 Å². The van der Waals surface area contributed by atoms with Gasteiger partial charge in [0, 0.05) is 5.56 Å². The Morgan fingerprint density at radius 3 is 2.74 bits per heavy atom. The molecule has 0 atom stereocenters. The van der Waals surface area contributed by atoms with Crippen molar-refractivity contribution in [1.29, 1.82) is 0 Å². The number of carbonyl (C=O) groups is 1. The number of ether oxygens (including phenoxy) is 1. The minimum Gasteiger partial charge on any atom is -0.468 e. The molecule has 0 aliphatic heterocycles. The van der Waals surface area contributed by atoms with E-state index in [1.807, 2.05) is 38.1 Å². The van der Waals surface area contributed by atoms with E-state index in [1.54, 1.807) is 6.07 Å². The van der Waals surface area contributed by atoms with E-state index in [1.165, 1.54) is 11.8 Å². The summed E-state index contributed by atoms with van der Waals surface area (Å²) in [6.07, 6.45) is 0. The summed E-state index contributed by atoms with van der Waals surface area (Å²) in [6.45, 7) is 3.81. The van der Waals surface area contributed by atoms with Gasteiger partial charge in [-0.3, -0.25) is 4.79 Å². The molecule has 0 spiro atoms. The van der Waals surface area contributed by atoms with Crippen molar-refractivity contribution in [3.63, 3.8) is 0 Å². The van der Waals surface area contributed by atoms with Crippen LogP contribution in [0.4, 0.5) is 0 Å². The van der Waals surface area contributed by atoms with Crippen LogP contribution in [0.1, 0.15) is 11.3 Å². The molecule has 0 aliphatic carbocycles. The van der Waals surface area contributed by atoms with Gasteiger partial charge in [-0.05, 0) is 32.0 Å². The third kappa shape index (κ3) is 3.13. The summed E-state index contributed by atoms with van der Waals surface area (Å²) in [4.78, 5) is 11.5. The van der Waals surface area contributed by atoms with Crippen LogP contribution in [0, 0.1) is 13.8 Å². The first-order valence-electron chi connectivity index (χ1n) is 7.09. The standard InChI is InChI=1S/C16H16N4O3/c1-10-5-4-6-12(7-10)15-17-18-16(23-15)13-8-11(2)19-20(13)9-14(21)22-3/h4-8H,9H2,1-3H3. The van der Waals surface area contributed by atoms with Crippen molar-refractivity contribution in [3.8, 4) is 23.0 Å². The number of esters is 1. The molecule has 0 radical (unpaired) electrons. The molecule has 23 heavy (non-hydrogen) atoms. The van der Waals surface area contributed by atoms with Gasteiger partial charge in [0.25, 0.3) is 5.89 Å². The van der Waals surface area contributed by atoms with Gasteiger partial charge in [0.2, 0.25) is 5.89 Å². The zero-order valence-electron chi connectivity index (χ0n) is 13.1. The van der Waals surface area contributed by atoms with Gasteiger partial charge in [-0.1, -0.05) is 17.7 Å². The average molecular weight is 312 g/mol. The monoisotopic (exact) mass is 312 g/mol. The number of aromatic nitrogens is 4. The summed E-state index contributed by atoms with van der Waals surface area (Å²) < 4.78 is 11.9. The molecule has 118 valence electrons. The lowest BCUT2D eigenvalue weighted by molar-refractivity contribution is -0.141. The highest BCUT2D eigenvalue weighted by molar-refractivity contribution is 5.70. The number of benzene rings is 1. The number of aryl methyl sites for hydroxylation is 2. The second kappa shape index (κ2) is 6.04. The molecule has 0 N–H and O–H groups in total. The van der Waals surface area contributed by atoms with Crippen molar-refractivity contribution >= 4 is 5.97 Å². The van der Waals surface area contributed by atoms with E-state index >= 15 is 0 Å². The Balaban J connectivity index is 1.96. The maximum atomic E-state index is 11.5. The first-order chi connectivity index (χ1) is 11.1. The quantitative estimate of drug-likeness (QED) is 0.688. The van der Waals surface area contributed by atoms with Crippen LogP contribution in [0.2, 0.25) is 0 Å². The number of methoxy groups -OCH3 is 1. The Kier molecular flexibility index (Phi) is 3.92. The Hall–Kier alpha value is -2.96. The normalized spacial score (nSPS) is 10.7. The van der Waals surface area contributed by atoms with Crippen molar-refractivity contribution in [1.82, 2.24) is 20.0 Å². The van der Waals surface area contributed by atoms with Gasteiger partial charge in [0.05, 0.1) is 12.8 Å². The highest BCUT2D eigenvalue weighted by Crippen LogP contribution is 2.25. The van der Waals surface area contributed by atoms with E-state index in [0.29, 0.717) is 17.5 Å². The molecule has 7 nitrogen and oxygen atoms in total. The second-order valence-electron chi connectivity index (χ2n) is 5.19. The van der Waals surface area contributed by atoms with E-state index in [0.717, 1.165) is 16.8 Å². The minimum atomic E-state index is -0.396. The summed E-state index contributed by atoms with van der Waals surface area (Å²) >= 11 is 0. The molecule has 0 aliphatic rings. The molecular formula is C16H16N4O3. The molecule has 0 saturated heterocycles. The Labute approximate surface area is 132 Å². The lowest BCUT2D eigenvalue weighted by atomic mass is 10.1. The van der Waals surface area contributed by atoms with E-state index in [-0.39, 0.29) is 6.54 Å². The van der Waals surface area contributed by atoms with Crippen molar-refractivity contribution in [3.05, 3.63) is 41.6 Å². The van der Waals surface area contributed by atoms with Gasteiger partial charge >= 0.3 is 5.97 Å². The predicted molar refractivity (Wildman–Crippen MR) is 82.4 cm³/mol. The van der Waals surface area contributed by atoms with Gasteiger partial charge in [0.1, 0.15) is 12.2 Å². The summed E-state index contributed by atoms with van der Waals surface area (Å²) in [7, 11) is 1.33. The van der Waals surface area contributed by atoms with Crippen LogP contribution < -0.4 is 0 Å². The molecule has 3 aromatic rings. The Morgan fingerprint density at radius 1 is 1.22 bits per heavy atom. The fraction of sp³-hybridized carbons (Fsp3) is 0.250. The molecule has 7 heteroatoms. The number of hydrogen-bond acceptors (Lipinski definition) is 6. The molecule has 2 heterocycles. The van der Waals surface area contributed by atoms with Crippen LogP contribution in [0.3, 0.4) is 0 Å². The van der Waals surface area contributed by atoms with Crippen LogP contribution in [0.5, 0.6) is 0 Å². The van der Waals surface area contributed by atoms with Gasteiger partial charge < -0.3 is 9.15 Å². The average Bonchev–Trinajstić information content (AvgIpc) is 3.14. The van der Waals surface area contributed by atoms with Crippen LogP contribution in [-0.4, -0.2) is 33.1 Å². The molecule has 0 fully saturated rings. The van der Waals surface area contributed by atoms with Crippen molar-refractivity contribution in [2.45, 2.75) is 20.4 Å². The summed E-state index contributed by atoms with van der Waals surface area (Å²) in [5.41, 5.74) is 3.28. The first-order valence-corrected chi connectivity index (χ1v) is 7.09. The van der Waals surface area contributed by atoms with Crippen molar-refractivity contribution in [2.75, 3.05) is 7.11 Å². The molecule has 3 rings (SSSR count). The highest BCUT2D eigenvalue weighted by atomic mass is 16.5. The molecule has 0 amide bonds. The topological polar surface area (TPSA) is 83.0 Å². The largest absolute Gasteiger partial charge is 0.468 e. The lowest BCUT2D eigenvalue weighted by Gasteiger charge is -2.02. The molecule has 0 unspecified atom stereocenters. The third-order valence-electron chi connectivity index (χ3n) is 3.32. The molecular weight excluding hydrogens is 296 g/mol. The maximum Gasteiger partial charge on any atom is 0.327 e. The third-order valence-corrected chi connectivity index (χ3v) is 3.32. The number of rotatable bonds is 4. The fourth-order valence-electron chi connectivity index (χ4n) is 2.25. The number of carbonyl (C=O) groups excluding carboxylic acids is 1. The molecule has 2 aromatic heterocycles. The maximum absolute atomic E-state index is 11.5. The summed E-state index contributed by atoms with van der Waals surface area (Å²) in [5, 5.41) is 12.4. The van der Waals surface area contributed by atoms with Crippen LogP contribution in [0.15, 0.2) is 34.7 Å². The molecule has 0 saturated carbocycles. The first kappa shape index (κ1) is 15.0. The van der Waals surface area contributed by atoms with E-state index in [4.69, 9.17) is 4.42 Å². The summed E-state index contributed by atoms with van der Waals surface area (Å²) in [5.74, 6) is 0.339. The number of hydrogen-bond donors (Lipinski definition) is 0. The van der Waals surface area contributed by atoms with E-state index in [9.17, 15) is 4.79 Å². The zero-order valence-corrected chi connectivity index (χ0v) is 13.1. The number of nitrogens with zero attached hydrogens (tertiary/aromatic N) is 4. The van der Waals surface area contributed by atoms with Crippen LogP contribution in [-0.2, 0) is 16.1 Å². The predicted octanol–water partition coefficient (Wildman–Crippen LogP) is 2.39. The van der Waals surface area contributed by atoms with E-state index in [2.05, 4.69) is 20.0 Å². The molecule has 0 bridgehead atoms. The van der Waals surface area contributed by atoms with E-state index < -0.39 is 5.97 Å². The Bertz CT molecular complexity index is 851. The Morgan fingerprint density at radius 2 is 2.00 bits per heavy atom. The zero-order chi connectivity index (χ0) is 16.4. The van der Waals surface area contributed by atoms with Gasteiger partial charge in [0.15, 0.2) is 0 Å². The van der Waals surface area contributed by atoms with Gasteiger partial charge in [-0.25, -0.2) is 4.68 Å². The van der Waals surface area contributed by atoms with Crippen LogP contribution in [0.25, 0.3) is 23.0 Å². The smallest absolute Gasteiger partial charge is 0.327 e. The van der Waals surface area contributed by atoms with Gasteiger partial charge in [-0.15, -0.1) is 10.2 Å². The minimum absolute atomic E-state index is 0.0121. The SMILES string of the molecule is COC(=O)Cn1nc(C)cc1-c1nnc(-c2cccc(C)c2)o1. The molecule has 1 aromatic carbocycles. The summed E-state index contributed by atoms with van der Waals surface area (Å²) in [6, 6.07) is 9.59. The lowest BCUT2D eigenvalue weighted by Crippen LogP contribution is -2.13. The second-order valence-corrected chi connectivity index (χ2v) is 5.19. The van der Waals surface area contributed by atoms with Crippen molar-refractivity contribution < 1.29 is 13.9 Å². The van der Waals surface area contributed by atoms with Gasteiger partial charge in [-0.2, -0.15) is 5.10 Å². The highest BCUT2D eigenvalue weighted by Gasteiger charge is 2.17.